The number of nitrogens with one attached hydrogen (secondary N) is 1. The van der Waals surface area contributed by atoms with Crippen molar-refractivity contribution in [3.8, 4) is 0 Å². The molecule has 2 amide bonds. The van der Waals surface area contributed by atoms with Gasteiger partial charge in [-0.25, -0.2) is 4.79 Å². The first kappa shape index (κ1) is 16.1. The van der Waals surface area contributed by atoms with Gasteiger partial charge in [0.2, 0.25) is 0 Å². The van der Waals surface area contributed by atoms with Gasteiger partial charge in [-0.1, -0.05) is 13.8 Å². The third-order valence-electron chi connectivity index (χ3n) is 5.14. The van der Waals surface area contributed by atoms with Crippen LogP contribution in [-0.2, 0) is 9.53 Å². The minimum Gasteiger partial charge on any atom is -0.481 e. The Morgan fingerprint density at radius 1 is 1.29 bits per heavy atom. The van der Waals surface area contributed by atoms with Gasteiger partial charge in [-0.3, -0.25) is 4.79 Å². The fourth-order valence-corrected chi connectivity index (χ4v) is 3.10. The molecule has 2 heterocycles. The van der Waals surface area contributed by atoms with E-state index in [1.807, 2.05) is 6.92 Å². The van der Waals surface area contributed by atoms with Gasteiger partial charge in [0.05, 0.1) is 5.41 Å². The van der Waals surface area contributed by atoms with Crippen molar-refractivity contribution >= 4 is 12.0 Å². The van der Waals surface area contributed by atoms with Crippen LogP contribution in [0.4, 0.5) is 4.79 Å². The zero-order chi connectivity index (χ0) is 15.5. The molecule has 0 radical (unpaired) electrons. The molecule has 0 saturated carbocycles. The summed E-state index contributed by atoms with van der Waals surface area (Å²) in [6.45, 7) is 6.97. The van der Waals surface area contributed by atoms with Crippen LogP contribution in [0.5, 0.6) is 0 Å². The molecule has 6 nitrogen and oxygen atoms in total. The van der Waals surface area contributed by atoms with E-state index in [4.69, 9.17) is 4.74 Å². The first-order valence-electron chi connectivity index (χ1n) is 7.75. The van der Waals surface area contributed by atoms with Gasteiger partial charge in [0.25, 0.3) is 0 Å². The summed E-state index contributed by atoms with van der Waals surface area (Å²) in [6.07, 6.45) is 2.99. The molecule has 1 atom stereocenters. The number of rotatable bonds is 4. The number of urea groups is 1. The highest BCUT2D eigenvalue weighted by Gasteiger charge is 2.45. The first-order chi connectivity index (χ1) is 9.91. The monoisotopic (exact) mass is 298 g/mol. The van der Waals surface area contributed by atoms with Crippen LogP contribution in [0.3, 0.4) is 0 Å². The van der Waals surface area contributed by atoms with Crippen molar-refractivity contribution < 1.29 is 19.4 Å². The minimum absolute atomic E-state index is 0.0856. The number of likely N-dealkylation sites (tertiary alicyclic amines) is 1. The number of amides is 2. The predicted molar refractivity (Wildman–Crippen MR) is 78.1 cm³/mol. The van der Waals surface area contributed by atoms with Crippen molar-refractivity contribution in [3.63, 3.8) is 0 Å². The van der Waals surface area contributed by atoms with E-state index >= 15 is 0 Å². The van der Waals surface area contributed by atoms with Crippen LogP contribution in [0.2, 0.25) is 0 Å². The lowest BCUT2D eigenvalue weighted by Crippen LogP contribution is -2.46. The van der Waals surface area contributed by atoms with E-state index in [9.17, 15) is 14.7 Å². The molecule has 0 spiro atoms. The second-order valence-electron chi connectivity index (χ2n) is 6.69. The van der Waals surface area contributed by atoms with Crippen molar-refractivity contribution in [2.75, 3.05) is 32.8 Å². The number of aliphatic carboxylic acids is 1. The number of nitrogens with zero attached hydrogens (tertiary/aromatic N) is 1. The lowest BCUT2D eigenvalue weighted by molar-refractivity contribution is -0.148. The van der Waals surface area contributed by atoms with Gasteiger partial charge < -0.3 is 20.1 Å². The van der Waals surface area contributed by atoms with E-state index in [-0.39, 0.29) is 11.4 Å². The maximum absolute atomic E-state index is 12.2. The molecular weight excluding hydrogens is 272 g/mol. The van der Waals surface area contributed by atoms with Gasteiger partial charge in [-0.05, 0) is 31.1 Å². The standard InChI is InChI=1S/C15H26N2O4/c1-3-15(12(18)19)4-7-17(11-15)13(20)16-10-14(2)5-8-21-9-6-14/h3-11H2,1-2H3,(H,16,20)(H,18,19). The Hall–Kier alpha value is -1.30. The number of hydrogen-bond donors (Lipinski definition) is 2. The molecule has 2 aliphatic heterocycles. The van der Waals surface area contributed by atoms with Gasteiger partial charge >= 0.3 is 12.0 Å². The van der Waals surface area contributed by atoms with E-state index in [0.717, 1.165) is 26.1 Å². The number of carboxylic acid groups (broad SMARTS) is 1. The summed E-state index contributed by atoms with van der Waals surface area (Å²) in [5.74, 6) is -0.795. The average molecular weight is 298 g/mol. The lowest BCUT2D eigenvalue weighted by atomic mass is 9.82. The number of carbonyl (C=O) groups excluding carboxylic acids is 1. The van der Waals surface area contributed by atoms with Crippen molar-refractivity contribution in [2.45, 2.75) is 39.5 Å². The van der Waals surface area contributed by atoms with Gasteiger partial charge in [0, 0.05) is 32.8 Å². The summed E-state index contributed by atoms with van der Waals surface area (Å²) in [6, 6.07) is -0.140. The molecule has 2 rings (SSSR count). The Balaban J connectivity index is 1.86. The van der Waals surface area contributed by atoms with Crippen LogP contribution in [0.15, 0.2) is 0 Å². The molecule has 21 heavy (non-hydrogen) atoms. The summed E-state index contributed by atoms with van der Waals surface area (Å²) in [5.41, 5.74) is -0.678. The Morgan fingerprint density at radius 3 is 2.48 bits per heavy atom. The first-order valence-corrected chi connectivity index (χ1v) is 7.75. The molecule has 0 bridgehead atoms. The van der Waals surface area contributed by atoms with Crippen molar-refractivity contribution in [1.82, 2.24) is 10.2 Å². The van der Waals surface area contributed by atoms with Crippen LogP contribution in [0.25, 0.3) is 0 Å². The fourth-order valence-electron chi connectivity index (χ4n) is 3.10. The van der Waals surface area contributed by atoms with Crippen LogP contribution in [0, 0.1) is 10.8 Å². The quantitative estimate of drug-likeness (QED) is 0.828. The second kappa shape index (κ2) is 6.22. The zero-order valence-electron chi connectivity index (χ0n) is 13.0. The second-order valence-corrected chi connectivity index (χ2v) is 6.69. The molecule has 0 aromatic carbocycles. The predicted octanol–water partition coefficient (Wildman–Crippen LogP) is 1.70. The third-order valence-corrected chi connectivity index (χ3v) is 5.14. The molecule has 0 aromatic heterocycles. The number of carboxylic acids is 1. The van der Waals surface area contributed by atoms with Crippen LogP contribution in [0.1, 0.15) is 39.5 Å². The van der Waals surface area contributed by atoms with E-state index in [2.05, 4.69) is 12.2 Å². The Labute approximate surface area is 125 Å². The molecule has 2 fully saturated rings. The normalized spacial score (nSPS) is 28.4. The van der Waals surface area contributed by atoms with E-state index in [0.29, 0.717) is 32.5 Å². The molecular formula is C15H26N2O4. The Bertz CT molecular complexity index is 406. The maximum Gasteiger partial charge on any atom is 0.317 e. The summed E-state index contributed by atoms with van der Waals surface area (Å²) in [5, 5.41) is 12.3. The smallest absolute Gasteiger partial charge is 0.317 e. The highest BCUT2D eigenvalue weighted by atomic mass is 16.5. The molecule has 0 aliphatic carbocycles. The summed E-state index contributed by atoms with van der Waals surface area (Å²) < 4.78 is 5.35. The van der Waals surface area contributed by atoms with E-state index < -0.39 is 11.4 Å². The number of carbonyl (C=O) groups is 2. The topological polar surface area (TPSA) is 78.9 Å². The lowest BCUT2D eigenvalue weighted by Gasteiger charge is -2.34. The van der Waals surface area contributed by atoms with Crippen LogP contribution < -0.4 is 5.32 Å². The Kier molecular flexibility index (Phi) is 4.76. The molecule has 1 unspecified atom stereocenters. The van der Waals surface area contributed by atoms with Gasteiger partial charge in [0.15, 0.2) is 0 Å². The van der Waals surface area contributed by atoms with Crippen molar-refractivity contribution in [3.05, 3.63) is 0 Å². The van der Waals surface area contributed by atoms with Crippen molar-refractivity contribution in [1.29, 1.82) is 0 Å². The minimum atomic E-state index is -0.795. The summed E-state index contributed by atoms with van der Waals surface area (Å²) in [4.78, 5) is 25.3. The van der Waals surface area contributed by atoms with Gasteiger partial charge in [-0.15, -0.1) is 0 Å². The van der Waals surface area contributed by atoms with Crippen LogP contribution >= 0.6 is 0 Å². The van der Waals surface area contributed by atoms with Crippen molar-refractivity contribution in [2.24, 2.45) is 10.8 Å². The molecule has 0 aromatic rings. The van der Waals surface area contributed by atoms with E-state index in [1.165, 1.54) is 0 Å². The highest BCUT2D eigenvalue weighted by Crippen LogP contribution is 2.34. The third kappa shape index (κ3) is 3.48. The van der Waals surface area contributed by atoms with E-state index in [1.54, 1.807) is 4.90 Å². The largest absolute Gasteiger partial charge is 0.481 e. The number of hydrogen-bond acceptors (Lipinski definition) is 3. The molecule has 2 saturated heterocycles. The molecule has 2 N–H and O–H groups in total. The molecule has 2 aliphatic rings. The highest BCUT2D eigenvalue weighted by molar-refractivity contribution is 5.79. The van der Waals surface area contributed by atoms with Gasteiger partial charge in [0.1, 0.15) is 0 Å². The average Bonchev–Trinajstić information content (AvgIpc) is 2.92. The maximum atomic E-state index is 12.2. The molecule has 6 heteroatoms. The Morgan fingerprint density at radius 2 is 1.95 bits per heavy atom. The zero-order valence-corrected chi connectivity index (χ0v) is 13.0. The fraction of sp³-hybridized carbons (Fsp3) is 0.867. The summed E-state index contributed by atoms with van der Waals surface area (Å²) in [7, 11) is 0. The molecule has 120 valence electrons. The summed E-state index contributed by atoms with van der Waals surface area (Å²) >= 11 is 0. The number of ether oxygens (including phenoxy) is 1. The van der Waals surface area contributed by atoms with Crippen LogP contribution in [-0.4, -0.2) is 54.9 Å². The van der Waals surface area contributed by atoms with Gasteiger partial charge in [-0.2, -0.15) is 0 Å². The SMILES string of the molecule is CCC1(C(=O)O)CCN(C(=O)NCC2(C)CCOCC2)C1.